The molecule has 0 saturated heterocycles. The molecule has 1 rings (SSSR count). The van der Waals surface area contributed by atoms with E-state index in [0.717, 1.165) is 4.88 Å². The second kappa shape index (κ2) is 7.51. The number of rotatable bonds is 8. The van der Waals surface area contributed by atoms with Gasteiger partial charge in [0.1, 0.15) is 0 Å². The summed E-state index contributed by atoms with van der Waals surface area (Å²) in [6, 6.07) is 2.28. The molecule has 2 N–H and O–H groups in total. The summed E-state index contributed by atoms with van der Waals surface area (Å²) < 4.78 is 27.0. The number of nitrogens with one attached hydrogen (secondary N) is 2. The molecular weight excluding hydrogens is 294 g/mol. The molecule has 1 aromatic heterocycles. The maximum absolute atomic E-state index is 12.2. The molecule has 0 aliphatic carbocycles. The summed E-state index contributed by atoms with van der Waals surface area (Å²) in [5.74, 6) is 0. The summed E-state index contributed by atoms with van der Waals surface area (Å²) in [4.78, 5) is 3.36. The van der Waals surface area contributed by atoms with Crippen molar-refractivity contribution in [2.45, 2.75) is 44.3 Å². The fourth-order valence-electron chi connectivity index (χ4n) is 1.40. The van der Waals surface area contributed by atoms with Gasteiger partial charge in [-0.2, -0.15) is 0 Å². The average Bonchev–Trinajstić information content (AvgIpc) is 2.82. The standard InChI is InChI=1S/C13H25N3O2S2/c1-10(2)14-8-12-6-13(9-19-12)20(17,18)15-7-11(3)16(4)5/h6,9-11,14-15H,7-8H2,1-5H3. The van der Waals surface area contributed by atoms with Gasteiger partial charge in [0.25, 0.3) is 0 Å². The van der Waals surface area contributed by atoms with Gasteiger partial charge in [-0.05, 0) is 27.1 Å². The summed E-state index contributed by atoms with van der Waals surface area (Å²) in [6.07, 6.45) is 0. The second-order valence-corrected chi connectivity index (χ2v) is 8.21. The zero-order chi connectivity index (χ0) is 15.3. The van der Waals surface area contributed by atoms with Gasteiger partial charge < -0.3 is 10.2 Å². The van der Waals surface area contributed by atoms with Gasteiger partial charge in [-0.1, -0.05) is 13.8 Å². The van der Waals surface area contributed by atoms with Gasteiger partial charge in [0.2, 0.25) is 10.0 Å². The normalized spacial score (nSPS) is 14.2. The number of nitrogens with zero attached hydrogens (tertiary/aromatic N) is 1. The second-order valence-electron chi connectivity index (χ2n) is 5.45. The van der Waals surface area contributed by atoms with E-state index in [-0.39, 0.29) is 6.04 Å². The Labute approximate surface area is 126 Å². The van der Waals surface area contributed by atoms with E-state index in [9.17, 15) is 8.42 Å². The molecule has 0 aromatic carbocycles. The van der Waals surface area contributed by atoms with Crippen LogP contribution in [0, 0.1) is 0 Å². The number of likely N-dealkylation sites (N-methyl/N-ethyl adjacent to an activating group) is 1. The predicted molar refractivity (Wildman–Crippen MR) is 84.6 cm³/mol. The lowest BCUT2D eigenvalue weighted by Gasteiger charge is -2.19. The number of sulfonamides is 1. The highest BCUT2D eigenvalue weighted by Gasteiger charge is 2.17. The average molecular weight is 319 g/mol. The van der Waals surface area contributed by atoms with Gasteiger partial charge >= 0.3 is 0 Å². The van der Waals surface area contributed by atoms with Crippen molar-refractivity contribution >= 4 is 21.4 Å². The molecule has 0 aliphatic heterocycles. The van der Waals surface area contributed by atoms with Crippen LogP contribution in [0.3, 0.4) is 0 Å². The summed E-state index contributed by atoms with van der Waals surface area (Å²) >= 11 is 1.47. The predicted octanol–water partition coefficient (Wildman–Crippen LogP) is 1.47. The van der Waals surface area contributed by atoms with E-state index < -0.39 is 10.0 Å². The summed E-state index contributed by atoms with van der Waals surface area (Å²) in [5, 5.41) is 4.97. The molecule has 20 heavy (non-hydrogen) atoms. The summed E-state index contributed by atoms with van der Waals surface area (Å²) in [5.41, 5.74) is 0. The van der Waals surface area contributed by atoms with E-state index in [4.69, 9.17) is 0 Å². The monoisotopic (exact) mass is 319 g/mol. The molecule has 1 aromatic rings. The van der Waals surface area contributed by atoms with E-state index in [1.165, 1.54) is 11.3 Å². The van der Waals surface area contributed by atoms with Gasteiger partial charge in [0.15, 0.2) is 0 Å². The SMILES string of the molecule is CC(C)NCc1cc(S(=O)(=O)NCC(C)N(C)C)cs1. The molecule has 0 spiro atoms. The molecular formula is C13H25N3O2S2. The van der Waals surface area contributed by atoms with Crippen LogP contribution in [-0.4, -0.2) is 46.0 Å². The first-order valence-corrected chi connectivity index (χ1v) is 9.05. The van der Waals surface area contributed by atoms with Crippen molar-refractivity contribution in [1.82, 2.24) is 14.9 Å². The van der Waals surface area contributed by atoms with Crippen LogP contribution in [-0.2, 0) is 16.6 Å². The van der Waals surface area contributed by atoms with Crippen LogP contribution >= 0.6 is 11.3 Å². The van der Waals surface area contributed by atoms with E-state index >= 15 is 0 Å². The zero-order valence-electron chi connectivity index (χ0n) is 12.8. The number of hydrogen-bond acceptors (Lipinski definition) is 5. The van der Waals surface area contributed by atoms with Crippen molar-refractivity contribution in [3.63, 3.8) is 0 Å². The van der Waals surface area contributed by atoms with Crippen molar-refractivity contribution in [1.29, 1.82) is 0 Å². The maximum atomic E-state index is 12.2. The summed E-state index contributed by atoms with van der Waals surface area (Å²) in [7, 11) is 0.459. The highest BCUT2D eigenvalue weighted by atomic mass is 32.2. The van der Waals surface area contributed by atoms with Crippen molar-refractivity contribution in [3.8, 4) is 0 Å². The van der Waals surface area contributed by atoms with E-state index in [1.807, 2.05) is 25.9 Å². The third-order valence-corrected chi connectivity index (χ3v) is 5.56. The maximum Gasteiger partial charge on any atom is 0.241 e. The van der Waals surface area contributed by atoms with Crippen LogP contribution in [0.5, 0.6) is 0 Å². The lowest BCUT2D eigenvalue weighted by atomic mass is 10.3. The summed E-state index contributed by atoms with van der Waals surface area (Å²) in [6.45, 7) is 7.22. The first kappa shape index (κ1) is 17.6. The molecule has 0 radical (unpaired) electrons. The van der Waals surface area contributed by atoms with E-state index in [0.29, 0.717) is 24.0 Å². The molecule has 7 heteroatoms. The minimum atomic E-state index is -3.40. The Morgan fingerprint density at radius 3 is 2.50 bits per heavy atom. The van der Waals surface area contributed by atoms with Crippen LogP contribution in [0.2, 0.25) is 0 Å². The largest absolute Gasteiger partial charge is 0.310 e. The van der Waals surface area contributed by atoms with Gasteiger partial charge in [-0.15, -0.1) is 11.3 Å². The van der Waals surface area contributed by atoms with Gasteiger partial charge in [0, 0.05) is 35.4 Å². The quantitative estimate of drug-likeness (QED) is 0.762. The van der Waals surface area contributed by atoms with E-state index in [2.05, 4.69) is 23.9 Å². The molecule has 1 atom stereocenters. The molecule has 1 unspecified atom stereocenters. The van der Waals surface area contributed by atoms with Crippen LogP contribution in [0.4, 0.5) is 0 Å². The molecule has 0 aliphatic rings. The lowest BCUT2D eigenvalue weighted by molar-refractivity contribution is 0.314. The molecule has 5 nitrogen and oxygen atoms in total. The fraction of sp³-hybridized carbons (Fsp3) is 0.692. The topological polar surface area (TPSA) is 61.4 Å². The van der Waals surface area contributed by atoms with Crippen LogP contribution < -0.4 is 10.0 Å². The molecule has 0 bridgehead atoms. The van der Waals surface area contributed by atoms with Crippen molar-refractivity contribution < 1.29 is 8.42 Å². The minimum absolute atomic E-state index is 0.158. The van der Waals surface area contributed by atoms with Gasteiger partial charge in [-0.25, -0.2) is 13.1 Å². The Morgan fingerprint density at radius 1 is 1.30 bits per heavy atom. The lowest BCUT2D eigenvalue weighted by Crippen LogP contribution is -2.38. The van der Waals surface area contributed by atoms with Crippen molar-refractivity contribution in [3.05, 3.63) is 16.3 Å². The Morgan fingerprint density at radius 2 is 1.95 bits per heavy atom. The Bertz CT molecular complexity index is 509. The first-order chi connectivity index (χ1) is 9.22. The molecule has 0 saturated carbocycles. The highest BCUT2D eigenvalue weighted by molar-refractivity contribution is 7.89. The zero-order valence-corrected chi connectivity index (χ0v) is 14.4. The van der Waals surface area contributed by atoms with E-state index in [1.54, 1.807) is 11.4 Å². The number of hydrogen-bond donors (Lipinski definition) is 2. The molecule has 1 heterocycles. The molecule has 116 valence electrons. The van der Waals surface area contributed by atoms with Gasteiger partial charge in [0.05, 0.1) is 4.90 Å². The number of thiophene rings is 1. The fourth-order valence-corrected chi connectivity index (χ4v) is 3.74. The van der Waals surface area contributed by atoms with Gasteiger partial charge in [-0.3, -0.25) is 0 Å². The first-order valence-electron chi connectivity index (χ1n) is 6.69. The minimum Gasteiger partial charge on any atom is -0.310 e. The van der Waals surface area contributed by atoms with Crippen molar-refractivity contribution in [2.24, 2.45) is 0 Å². The smallest absolute Gasteiger partial charge is 0.241 e. The highest BCUT2D eigenvalue weighted by Crippen LogP contribution is 2.19. The third kappa shape index (κ3) is 5.49. The molecule has 0 fully saturated rings. The molecule has 0 amide bonds. The third-order valence-electron chi connectivity index (χ3n) is 3.07. The Kier molecular flexibility index (Phi) is 6.60. The van der Waals surface area contributed by atoms with Crippen LogP contribution in [0.15, 0.2) is 16.3 Å². The van der Waals surface area contributed by atoms with Crippen LogP contribution in [0.1, 0.15) is 25.6 Å². The Balaban J connectivity index is 2.64. The van der Waals surface area contributed by atoms with Crippen LogP contribution in [0.25, 0.3) is 0 Å². The Hall–Kier alpha value is -0.470. The van der Waals surface area contributed by atoms with Crippen molar-refractivity contribution in [2.75, 3.05) is 20.6 Å².